The van der Waals surface area contributed by atoms with Gasteiger partial charge in [-0.25, -0.2) is 4.68 Å². The Labute approximate surface area is 148 Å². The molecule has 3 nitrogen and oxygen atoms in total. The average molecular weight is 332 g/mol. The monoisotopic (exact) mass is 332 g/mol. The molecule has 0 N–H and O–H groups in total. The first-order chi connectivity index (χ1) is 12.0. The largest absolute Gasteiger partial charge is 0.285 e. The summed E-state index contributed by atoms with van der Waals surface area (Å²) in [7, 11) is 1.92. The minimum absolute atomic E-state index is 0.00116. The van der Waals surface area contributed by atoms with Gasteiger partial charge in [-0.2, -0.15) is 0 Å². The van der Waals surface area contributed by atoms with Gasteiger partial charge in [0.25, 0.3) is 5.56 Å². The van der Waals surface area contributed by atoms with Crippen molar-refractivity contribution in [2.45, 2.75) is 26.7 Å². The highest BCUT2D eigenvalue weighted by Gasteiger charge is 2.13. The number of aromatic nitrogens is 2. The summed E-state index contributed by atoms with van der Waals surface area (Å²) in [6.07, 6.45) is 3.92. The maximum atomic E-state index is 12.9. The van der Waals surface area contributed by atoms with Gasteiger partial charge in [0.05, 0.1) is 11.3 Å². The van der Waals surface area contributed by atoms with E-state index in [-0.39, 0.29) is 5.56 Å². The summed E-state index contributed by atoms with van der Waals surface area (Å²) in [6, 6.07) is 18.2. The molecular formula is C22H24N2O. The van der Waals surface area contributed by atoms with E-state index in [0.29, 0.717) is 5.92 Å². The van der Waals surface area contributed by atoms with E-state index in [1.165, 1.54) is 5.56 Å². The normalized spacial score (nSPS) is 11.6. The molecule has 0 amide bonds. The summed E-state index contributed by atoms with van der Waals surface area (Å²) in [5.41, 5.74) is 4.96. The van der Waals surface area contributed by atoms with Gasteiger partial charge in [-0.15, -0.1) is 0 Å². The molecule has 0 radical (unpaired) electrons. The maximum Gasteiger partial charge on any atom is 0.278 e. The minimum atomic E-state index is 0.00116. The molecule has 25 heavy (non-hydrogen) atoms. The highest BCUT2D eigenvalue weighted by atomic mass is 16.1. The molecule has 3 aromatic rings. The molecule has 0 atom stereocenters. The Kier molecular flexibility index (Phi) is 4.75. The molecule has 0 spiro atoms. The van der Waals surface area contributed by atoms with Crippen molar-refractivity contribution in [1.82, 2.24) is 9.36 Å². The van der Waals surface area contributed by atoms with Crippen LogP contribution in [0.15, 0.2) is 59.4 Å². The van der Waals surface area contributed by atoms with Crippen LogP contribution in [-0.4, -0.2) is 9.36 Å². The Bertz CT molecular complexity index is 942. The second-order valence-corrected chi connectivity index (χ2v) is 6.63. The lowest BCUT2D eigenvalue weighted by Crippen LogP contribution is -2.20. The summed E-state index contributed by atoms with van der Waals surface area (Å²) in [5.74, 6) is 0.521. The molecule has 3 rings (SSSR count). The predicted molar refractivity (Wildman–Crippen MR) is 105 cm³/mol. The van der Waals surface area contributed by atoms with Gasteiger partial charge in [0.15, 0.2) is 0 Å². The van der Waals surface area contributed by atoms with Crippen molar-refractivity contribution in [3.8, 4) is 5.69 Å². The van der Waals surface area contributed by atoms with E-state index < -0.39 is 0 Å². The summed E-state index contributed by atoms with van der Waals surface area (Å²) < 4.78 is 3.61. The minimum Gasteiger partial charge on any atom is -0.285 e. The van der Waals surface area contributed by atoms with Crippen LogP contribution in [0.1, 0.15) is 42.1 Å². The van der Waals surface area contributed by atoms with Crippen LogP contribution in [0.25, 0.3) is 17.8 Å². The van der Waals surface area contributed by atoms with E-state index >= 15 is 0 Å². The van der Waals surface area contributed by atoms with Crippen molar-refractivity contribution in [3.05, 3.63) is 87.3 Å². The molecule has 3 heteroatoms. The number of hydrogen-bond donors (Lipinski definition) is 0. The smallest absolute Gasteiger partial charge is 0.278 e. The quantitative estimate of drug-likeness (QED) is 0.675. The molecule has 0 fully saturated rings. The molecule has 0 saturated heterocycles. The summed E-state index contributed by atoms with van der Waals surface area (Å²) in [4.78, 5) is 12.9. The lowest BCUT2D eigenvalue weighted by molar-refractivity contribution is 0.630. The van der Waals surface area contributed by atoms with Gasteiger partial charge in [-0.05, 0) is 42.2 Å². The Hall–Kier alpha value is -2.81. The standard InChI is InChI=1S/C22H24N2O/c1-16(2)19-13-10-18(11-14-19)12-15-21-17(3)23(4)24(22(21)25)20-8-6-5-7-9-20/h5-16H,1-4H3/b15-12+. The highest BCUT2D eigenvalue weighted by Crippen LogP contribution is 2.17. The molecule has 0 aliphatic carbocycles. The molecule has 0 aliphatic heterocycles. The number of para-hydroxylation sites is 1. The molecule has 1 heterocycles. The van der Waals surface area contributed by atoms with E-state index in [1.54, 1.807) is 4.68 Å². The van der Waals surface area contributed by atoms with E-state index in [4.69, 9.17) is 0 Å². The van der Waals surface area contributed by atoms with Crippen LogP contribution in [0.2, 0.25) is 0 Å². The van der Waals surface area contributed by atoms with E-state index in [9.17, 15) is 4.79 Å². The van der Waals surface area contributed by atoms with Gasteiger partial charge >= 0.3 is 0 Å². The van der Waals surface area contributed by atoms with Crippen LogP contribution < -0.4 is 5.56 Å². The number of nitrogens with zero attached hydrogens (tertiary/aromatic N) is 2. The van der Waals surface area contributed by atoms with Crippen LogP contribution in [0.3, 0.4) is 0 Å². The summed E-state index contributed by atoms with van der Waals surface area (Å²) >= 11 is 0. The molecule has 0 bridgehead atoms. The average Bonchev–Trinajstić information content (AvgIpc) is 2.83. The van der Waals surface area contributed by atoms with E-state index in [2.05, 4.69) is 38.1 Å². The third-order valence-corrected chi connectivity index (χ3v) is 4.64. The molecule has 1 aromatic heterocycles. The summed E-state index contributed by atoms with van der Waals surface area (Å²) in [5, 5.41) is 0. The van der Waals surface area contributed by atoms with Crippen molar-refractivity contribution in [2.75, 3.05) is 0 Å². The van der Waals surface area contributed by atoms with Crippen LogP contribution in [0.4, 0.5) is 0 Å². The second kappa shape index (κ2) is 6.98. The predicted octanol–water partition coefficient (Wildman–Crippen LogP) is 4.78. The first-order valence-corrected chi connectivity index (χ1v) is 8.61. The van der Waals surface area contributed by atoms with Crippen molar-refractivity contribution < 1.29 is 0 Å². The zero-order valence-electron chi connectivity index (χ0n) is 15.2. The zero-order valence-corrected chi connectivity index (χ0v) is 15.2. The van der Waals surface area contributed by atoms with Gasteiger partial charge in [-0.1, -0.05) is 62.4 Å². The fourth-order valence-electron chi connectivity index (χ4n) is 2.95. The lowest BCUT2D eigenvalue weighted by atomic mass is 10.0. The SMILES string of the molecule is Cc1c(/C=C/c2ccc(C(C)C)cc2)c(=O)n(-c2ccccc2)n1C. The van der Waals surface area contributed by atoms with E-state index in [1.807, 2.05) is 61.1 Å². The van der Waals surface area contributed by atoms with Crippen LogP contribution in [-0.2, 0) is 7.05 Å². The Balaban J connectivity index is 1.97. The first kappa shape index (κ1) is 17.0. The Morgan fingerprint density at radius 1 is 0.920 bits per heavy atom. The van der Waals surface area contributed by atoms with Crippen molar-refractivity contribution in [1.29, 1.82) is 0 Å². The number of benzene rings is 2. The summed E-state index contributed by atoms with van der Waals surface area (Å²) in [6.45, 7) is 6.34. The number of hydrogen-bond acceptors (Lipinski definition) is 1. The van der Waals surface area contributed by atoms with Gasteiger partial charge in [0, 0.05) is 12.7 Å². The Morgan fingerprint density at radius 3 is 2.16 bits per heavy atom. The molecule has 0 aliphatic rings. The fraction of sp³-hybridized carbons (Fsp3) is 0.227. The van der Waals surface area contributed by atoms with E-state index in [0.717, 1.165) is 22.5 Å². The molecule has 128 valence electrons. The Morgan fingerprint density at radius 2 is 1.56 bits per heavy atom. The molecular weight excluding hydrogens is 308 g/mol. The van der Waals surface area contributed by atoms with Gasteiger partial charge in [0.1, 0.15) is 0 Å². The van der Waals surface area contributed by atoms with Gasteiger partial charge in [-0.3, -0.25) is 9.48 Å². The van der Waals surface area contributed by atoms with Crippen molar-refractivity contribution >= 4 is 12.2 Å². The molecule has 0 unspecified atom stereocenters. The topological polar surface area (TPSA) is 26.9 Å². The van der Waals surface area contributed by atoms with Crippen LogP contribution in [0.5, 0.6) is 0 Å². The van der Waals surface area contributed by atoms with Gasteiger partial charge in [0.2, 0.25) is 0 Å². The van der Waals surface area contributed by atoms with Crippen molar-refractivity contribution in [2.24, 2.45) is 7.05 Å². The maximum absolute atomic E-state index is 12.9. The second-order valence-electron chi connectivity index (χ2n) is 6.63. The first-order valence-electron chi connectivity index (χ1n) is 8.61. The molecule has 2 aromatic carbocycles. The van der Waals surface area contributed by atoms with Gasteiger partial charge < -0.3 is 0 Å². The highest BCUT2D eigenvalue weighted by molar-refractivity contribution is 5.70. The van der Waals surface area contributed by atoms with Crippen molar-refractivity contribution in [3.63, 3.8) is 0 Å². The third-order valence-electron chi connectivity index (χ3n) is 4.64. The van der Waals surface area contributed by atoms with Crippen LogP contribution >= 0.6 is 0 Å². The van der Waals surface area contributed by atoms with Crippen LogP contribution in [0, 0.1) is 6.92 Å². The fourth-order valence-corrected chi connectivity index (χ4v) is 2.95. The third kappa shape index (κ3) is 3.36. The lowest BCUT2D eigenvalue weighted by Gasteiger charge is -2.07. The number of rotatable bonds is 4. The zero-order chi connectivity index (χ0) is 18.0. The molecule has 0 saturated carbocycles.